The molecule has 0 radical (unpaired) electrons. The summed E-state index contributed by atoms with van der Waals surface area (Å²) in [6, 6.07) is 32.3. The van der Waals surface area contributed by atoms with Crippen LogP contribution in [0.4, 0.5) is 0 Å². The first-order chi connectivity index (χ1) is 24.3. The summed E-state index contributed by atoms with van der Waals surface area (Å²) in [6.07, 6.45) is 0. The van der Waals surface area contributed by atoms with Crippen LogP contribution in [-0.4, -0.2) is 47.8 Å². The average Bonchev–Trinajstić information content (AvgIpc) is 3.15. The van der Waals surface area contributed by atoms with Gasteiger partial charge >= 0.3 is 11.9 Å². The smallest absolute Gasteiger partial charge is 0.343 e. The summed E-state index contributed by atoms with van der Waals surface area (Å²) < 4.78 is 22.3. The first kappa shape index (κ1) is 32.1. The largest absolute Gasteiger partial charge is 0.497 e. The number of amides is 2. The predicted molar refractivity (Wildman–Crippen MR) is 182 cm³/mol. The van der Waals surface area contributed by atoms with Gasteiger partial charge in [0.1, 0.15) is 23.6 Å². The second-order valence-electron chi connectivity index (χ2n) is 11.9. The van der Waals surface area contributed by atoms with E-state index in [9.17, 15) is 19.2 Å². The molecule has 8 rings (SSSR count). The lowest BCUT2D eigenvalue weighted by Crippen LogP contribution is -2.60. The summed E-state index contributed by atoms with van der Waals surface area (Å²) in [5, 5.41) is 0. The Bertz CT molecular complexity index is 1920. The maximum Gasteiger partial charge on any atom is 0.343 e. The minimum absolute atomic E-state index is 0.0548. The molecule has 0 saturated carbocycles. The Labute approximate surface area is 288 Å². The van der Waals surface area contributed by atoms with E-state index in [4.69, 9.17) is 18.9 Å². The summed E-state index contributed by atoms with van der Waals surface area (Å²) in [7, 11) is 3.14. The molecule has 3 aliphatic heterocycles. The molecule has 3 aliphatic rings. The van der Waals surface area contributed by atoms with Gasteiger partial charge in [-0.05, 0) is 82.9 Å². The lowest BCUT2D eigenvalue weighted by Gasteiger charge is -2.50. The van der Waals surface area contributed by atoms with E-state index in [2.05, 4.69) is 0 Å². The van der Waals surface area contributed by atoms with Crippen molar-refractivity contribution in [2.24, 2.45) is 0 Å². The molecule has 1 saturated heterocycles. The van der Waals surface area contributed by atoms with Crippen molar-refractivity contribution in [3.8, 4) is 23.0 Å². The van der Waals surface area contributed by atoms with Gasteiger partial charge in [-0.3, -0.25) is 9.59 Å². The molecule has 0 spiro atoms. The molecule has 3 heterocycles. The Morgan fingerprint density at radius 2 is 0.900 bits per heavy atom. The molecule has 2 unspecified atom stereocenters. The zero-order valence-electron chi connectivity index (χ0n) is 27.3. The third kappa shape index (κ3) is 6.14. The van der Waals surface area contributed by atoms with Gasteiger partial charge in [-0.2, -0.15) is 0 Å². The van der Waals surface area contributed by atoms with Crippen LogP contribution in [0.5, 0.6) is 23.0 Å². The lowest BCUT2D eigenvalue weighted by atomic mass is 9.81. The Balaban J connectivity index is 1.32. The van der Waals surface area contributed by atoms with E-state index in [0.717, 1.165) is 11.1 Å². The van der Waals surface area contributed by atoms with Crippen molar-refractivity contribution >= 4 is 23.8 Å². The molecule has 50 heavy (non-hydrogen) atoms. The SMILES string of the molecule is COc1ccc(CN2C(=O)C3c4cc(OC(=O)c5ccccc5)c(OC(=O)c5ccccc5)cc4C2C(=O)N3Cc2ccc(OC)cc2)cc1. The van der Waals surface area contributed by atoms with Crippen LogP contribution in [-0.2, 0) is 22.7 Å². The van der Waals surface area contributed by atoms with Crippen LogP contribution in [0.2, 0.25) is 0 Å². The number of hydrogen-bond donors (Lipinski definition) is 0. The van der Waals surface area contributed by atoms with Gasteiger partial charge in [-0.1, -0.05) is 60.7 Å². The minimum Gasteiger partial charge on any atom is -0.497 e. The van der Waals surface area contributed by atoms with Crippen LogP contribution in [0.1, 0.15) is 55.1 Å². The normalized spacial score (nSPS) is 16.1. The number of carbonyl (C=O) groups is 4. The van der Waals surface area contributed by atoms with Gasteiger partial charge in [-0.25, -0.2) is 9.59 Å². The number of rotatable bonds is 10. The highest BCUT2D eigenvalue weighted by Crippen LogP contribution is 2.50. The zero-order chi connectivity index (χ0) is 34.8. The molecular weight excluding hydrogens is 636 g/mol. The highest BCUT2D eigenvalue weighted by atomic mass is 16.6. The number of piperazine rings is 1. The first-order valence-corrected chi connectivity index (χ1v) is 15.9. The number of methoxy groups -OCH3 is 2. The van der Waals surface area contributed by atoms with E-state index in [-0.39, 0.29) is 47.5 Å². The third-order valence-electron chi connectivity index (χ3n) is 8.84. The molecule has 2 bridgehead atoms. The van der Waals surface area contributed by atoms with Gasteiger partial charge in [0.15, 0.2) is 11.5 Å². The summed E-state index contributed by atoms with van der Waals surface area (Å²) in [4.78, 5) is 58.5. The quantitative estimate of drug-likeness (QED) is 0.126. The number of ether oxygens (including phenoxy) is 4. The summed E-state index contributed by atoms with van der Waals surface area (Å²) >= 11 is 0. The second kappa shape index (κ2) is 13.6. The van der Waals surface area contributed by atoms with Gasteiger partial charge in [0.05, 0.1) is 25.3 Å². The number of nitrogens with zero attached hydrogens (tertiary/aromatic N) is 2. The second-order valence-corrected chi connectivity index (χ2v) is 11.9. The molecule has 250 valence electrons. The molecule has 5 aromatic rings. The van der Waals surface area contributed by atoms with E-state index in [1.165, 1.54) is 12.1 Å². The van der Waals surface area contributed by atoms with Gasteiger partial charge in [0, 0.05) is 13.1 Å². The Kier molecular flexibility index (Phi) is 8.74. The van der Waals surface area contributed by atoms with Crippen LogP contribution in [0.15, 0.2) is 121 Å². The molecule has 10 nitrogen and oxygen atoms in total. The maximum atomic E-state index is 14.4. The molecular formula is C40H32N2O8. The van der Waals surface area contributed by atoms with Crippen molar-refractivity contribution in [3.05, 3.63) is 155 Å². The number of hydrogen-bond acceptors (Lipinski definition) is 8. The molecule has 0 aromatic heterocycles. The number of benzene rings is 5. The van der Waals surface area contributed by atoms with Crippen molar-refractivity contribution in [1.82, 2.24) is 9.80 Å². The van der Waals surface area contributed by atoms with Crippen LogP contribution >= 0.6 is 0 Å². The van der Waals surface area contributed by atoms with Crippen molar-refractivity contribution in [3.63, 3.8) is 0 Å². The molecule has 0 N–H and O–H groups in total. The first-order valence-electron chi connectivity index (χ1n) is 15.9. The summed E-state index contributed by atoms with van der Waals surface area (Å²) in [5.41, 5.74) is 3.12. The molecule has 2 atom stereocenters. The standard InChI is InChI=1S/C40H32N2O8/c1-47-29-17-13-25(14-18-29)23-41-35-31-21-33(49-39(45)27-9-5-3-6-10-27)34(50-40(46)28-11-7-4-8-12-28)22-32(31)36(37(41)43)42(38(35)44)24-26-15-19-30(48-2)20-16-26/h3-22,35-36H,23-24H2,1-2H3. The van der Waals surface area contributed by atoms with Crippen LogP contribution in [0.25, 0.3) is 0 Å². The van der Waals surface area contributed by atoms with Gasteiger partial charge in [0.2, 0.25) is 0 Å². The van der Waals surface area contributed by atoms with Crippen LogP contribution in [0, 0.1) is 0 Å². The van der Waals surface area contributed by atoms with Crippen molar-refractivity contribution in [2.75, 3.05) is 14.2 Å². The molecule has 10 heteroatoms. The van der Waals surface area contributed by atoms with Crippen LogP contribution in [0.3, 0.4) is 0 Å². The van der Waals surface area contributed by atoms with Crippen molar-refractivity contribution in [2.45, 2.75) is 25.2 Å². The van der Waals surface area contributed by atoms with Crippen molar-refractivity contribution < 1.29 is 38.1 Å². The summed E-state index contributed by atoms with van der Waals surface area (Å²) in [6.45, 7) is 0.296. The highest BCUT2D eigenvalue weighted by molar-refractivity contribution is 6.02. The van der Waals surface area contributed by atoms with Crippen molar-refractivity contribution in [1.29, 1.82) is 0 Å². The predicted octanol–water partition coefficient (Wildman–Crippen LogP) is 6.31. The van der Waals surface area contributed by atoms with E-state index >= 15 is 0 Å². The monoisotopic (exact) mass is 668 g/mol. The van der Waals surface area contributed by atoms with E-state index in [1.807, 2.05) is 24.3 Å². The Morgan fingerprint density at radius 1 is 0.540 bits per heavy atom. The minimum atomic E-state index is -1.05. The fourth-order valence-corrected chi connectivity index (χ4v) is 6.32. The van der Waals surface area contributed by atoms with E-state index in [0.29, 0.717) is 22.6 Å². The van der Waals surface area contributed by atoms with E-state index < -0.39 is 24.0 Å². The topological polar surface area (TPSA) is 112 Å². The maximum absolute atomic E-state index is 14.4. The molecule has 1 fully saturated rings. The van der Waals surface area contributed by atoms with Gasteiger partial charge in [0.25, 0.3) is 11.8 Å². The zero-order valence-corrected chi connectivity index (χ0v) is 27.3. The summed E-state index contributed by atoms with van der Waals surface area (Å²) in [5.74, 6) is -0.725. The molecule has 2 amide bonds. The van der Waals surface area contributed by atoms with E-state index in [1.54, 1.807) is 109 Å². The number of carbonyl (C=O) groups excluding carboxylic acids is 4. The van der Waals surface area contributed by atoms with Gasteiger partial charge in [-0.15, -0.1) is 0 Å². The fourth-order valence-electron chi connectivity index (χ4n) is 6.32. The third-order valence-corrected chi connectivity index (χ3v) is 8.84. The Hall–Kier alpha value is -6.42. The fraction of sp³-hybridized carbons (Fsp3) is 0.150. The average molecular weight is 669 g/mol. The molecule has 0 aliphatic carbocycles. The highest BCUT2D eigenvalue weighted by Gasteiger charge is 2.54. The molecule has 5 aromatic carbocycles. The van der Waals surface area contributed by atoms with Crippen LogP contribution < -0.4 is 18.9 Å². The Morgan fingerprint density at radius 3 is 1.24 bits per heavy atom. The number of esters is 2. The lowest BCUT2D eigenvalue weighted by molar-refractivity contribution is -0.167. The van der Waals surface area contributed by atoms with Gasteiger partial charge < -0.3 is 28.7 Å². The number of fused-ring (bicyclic) bond motifs is 2.